The third-order valence-electron chi connectivity index (χ3n) is 3.04. The second-order valence-corrected chi connectivity index (χ2v) is 5.58. The number of hydrogen-bond donors (Lipinski definition) is 0. The Labute approximate surface area is 103 Å². The number of rotatable bonds is 3. The average Bonchev–Trinajstić information content (AvgIpc) is 3.12. The van der Waals surface area contributed by atoms with Gasteiger partial charge in [-0.2, -0.15) is 0 Å². The van der Waals surface area contributed by atoms with Crippen molar-refractivity contribution in [2.24, 2.45) is 5.92 Å². The van der Waals surface area contributed by atoms with Crippen LogP contribution in [0.15, 0.2) is 30.5 Å². The van der Waals surface area contributed by atoms with E-state index >= 15 is 0 Å². The normalized spacial score (nSPS) is 17.6. The van der Waals surface area contributed by atoms with Gasteiger partial charge >= 0.3 is 0 Å². The molecule has 3 rings (SSSR count). The van der Waals surface area contributed by atoms with E-state index in [9.17, 15) is 0 Å². The lowest BCUT2D eigenvalue weighted by Crippen LogP contribution is -2.07. The van der Waals surface area contributed by atoms with Crippen LogP contribution in [-0.4, -0.2) is 14.8 Å². The Balaban J connectivity index is 1.86. The van der Waals surface area contributed by atoms with Crippen LogP contribution in [0, 0.1) is 5.92 Å². The van der Waals surface area contributed by atoms with Crippen LogP contribution in [0.5, 0.6) is 0 Å². The summed E-state index contributed by atoms with van der Waals surface area (Å²) in [6.07, 6.45) is 5.61. The van der Waals surface area contributed by atoms with Gasteiger partial charge in [0, 0.05) is 17.4 Å². The predicted octanol–water partition coefficient (Wildman–Crippen LogP) is 3.35. The Morgan fingerprint density at radius 3 is 2.75 bits per heavy atom. The van der Waals surface area contributed by atoms with Gasteiger partial charge in [-0.3, -0.25) is 4.98 Å². The topological polar surface area (TPSA) is 25.8 Å². The lowest BCUT2D eigenvalue weighted by molar-refractivity contribution is 0.746. The summed E-state index contributed by atoms with van der Waals surface area (Å²) in [6.45, 7) is 0. The second kappa shape index (κ2) is 4.13. The number of hydrogen-bond acceptors (Lipinski definition) is 2. The molecule has 1 aromatic heterocycles. The number of halogens is 1. The molecule has 0 saturated heterocycles. The number of fused-ring (bicyclic) bond motifs is 1. The summed E-state index contributed by atoms with van der Waals surface area (Å²) >= 11 is 3.74. The maximum absolute atomic E-state index is 4.63. The quantitative estimate of drug-likeness (QED) is 0.804. The summed E-state index contributed by atoms with van der Waals surface area (Å²) < 4.78 is 0. The minimum atomic E-state index is 0.572. The molecule has 0 N–H and O–H groups in total. The van der Waals surface area contributed by atoms with Gasteiger partial charge in [-0.1, -0.05) is 28.1 Å². The molecule has 1 saturated carbocycles. The van der Waals surface area contributed by atoms with E-state index in [0.29, 0.717) is 4.83 Å². The van der Waals surface area contributed by atoms with Crippen LogP contribution in [-0.2, 0) is 6.42 Å². The molecule has 0 bridgehead atoms. The van der Waals surface area contributed by atoms with Crippen LogP contribution in [0.3, 0.4) is 0 Å². The van der Waals surface area contributed by atoms with Crippen LogP contribution >= 0.6 is 15.9 Å². The molecule has 82 valence electrons. The van der Waals surface area contributed by atoms with Gasteiger partial charge in [-0.15, -0.1) is 0 Å². The molecule has 1 atom stereocenters. The number of nitrogens with zero attached hydrogens (tertiary/aromatic N) is 2. The van der Waals surface area contributed by atoms with E-state index in [1.54, 1.807) is 0 Å². The number of para-hydroxylation sites is 2. The van der Waals surface area contributed by atoms with E-state index in [1.165, 1.54) is 12.8 Å². The van der Waals surface area contributed by atoms with E-state index in [4.69, 9.17) is 0 Å². The molecule has 0 amide bonds. The summed E-state index contributed by atoms with van der Waals surface area (Å²) in [7, 11) is 0. The lowest BCUT2D eigenvalue weighted by Gasteiger charge is -2.07. The van der Waals surface area contributed by atoms with Crippen molar-refractivity contribution in [2.75, 3.05) is 0 Å². The Bertz CT molecular complexity index is 508. The van der Waals surface area contributed by atoms with Gasteiger partial charge in [0.1, 0.15) is 0 Å². The third-order valence-corrected chi connectivity index (χ3v) is 4.11. The maximum Gasteiger partial charge on any atom is 0.0890 e. The summed E-state index contributed by atoms with van der Waals surface area (Å²) in [5.74, 6) is 0.855. The number of alkyl halides is 1. The van der Waals surface area contributed by atoms with Gasteiger partial charge in [0.15, 0.2) is 0 Å². The first-order chi connectivity index (χ1) is 7.83. The molecule has 3 heteroatoms. The lowest BCUT2D eigenvalue weighted by atomic mass is 10.2. The Kier molecular flexibility index (Phi) is 2.64. The fraction of sp³-hybridized carbons (Fsp3) is 0.385. The highest BCUT2D eigenvalue weighted by Gasteiger charge is 2.29. The van der Waals surface area contributed by atoms with Gasteiger partial charge < -0.3 is 0 Å². The molecular weight excluding hydrogens is 264 g/mol. The van der Waals surface area contributed by atoms with E-state index in [2.05, 4.69) is 25.9 Å². The van der Waals surface area contributed by atoms with Gasteiger partial charge in [0.25, 0.3) is 0 Å². The summed E-state index contributed by atoms with van der Waals surface area (Å²) in [5, 5.41) is 0. The Morgan fingerprint density at radius 1 is 1.25 bits per heavy atom. The van der Waals surface area contributed by atoms with Crippen LogP contribution in [0.1, 0.15) is 18.5 Å². The molecule has 0 aliphatic heterocycles. The number of benzene rings is 1. The van der Waals surface area contributed by atoms with Crippen molar-refractivity contribution in [3.63, 3.8) is 0 Å². The molecule has 0 spiro atoms. The Hall–Kier alpha value is -0.960. The van der Waals surface area contributed by atoms with Gasteiger partial charge in [-0.05, 0) is 30.9 Å². The molecule has 1 unspecified atom stereocenters. The molecule has 1 aromatic carbocycles. The molecule has 2 nitrogen and oxygen atoms in total. The van der Waals surface area contributed by atoms with Crippen molar-refractivity contribution < 1.29 is 0 Å². The minimum Gasteiger partial charge on any atom is -0.253 e. The van der Waals surface area contributed by atoms with Crippen LogP contribution in [0.25, 0.3) is 11.0 Å². The summed E-state index contributed by atoms with van der Waals surface area (Å²) in [6, 6.07) is 8.02. The number of aromatic nitrogens is 2. The average molecular weight is 277 g/mol. The van der Waals surface area contributed by atoms with Gasteiger partial charge in [-0.25, -0.2) is 4.98 Å². The molecule has 16 heavy (non-hydrogen) atoms. The molecule has 1 heterocycles. The summed E-state index contributed by atoms with van der Waals surface area (Å²) in [5.41, 5.74) is 3.06. The maximum atomic E-state index is 4.63. The highest BCUT2D eigenvalue weighted by Crippen LogP contribution is 2.37. The van der Waals surface area contributed by atoms with E-state index < -0.39 is 0 Å². The predicted molar refractivity (Wildman–Crippen MR) is 68.7 cm³/mol. The molecule has 1 aliphatic carbocycles. The van der Waals surface area contributed by atoms with Crippen molar-refractivity contribution in [3.8, 4) is 0 Å². The Morgan fingerprint density at radius 2 is 2.00 bits per heavy atom. The van der Waals surface area contributed by atoms with Gasteiger partial charge in [0.2, 0.25) is 0 Å². The first kappa shape index (κ1) is 10.2. The minimum absolute atomic E-state index is 0.572. The standard InChI is InChI=1S/C13H13BrN2/c14-11(9-5-6-9)7-10-8-15-12-3-1-2-4-13(12)16-10/h1-4,8-9,11H,5-7H2. The zero-order chi connectivity index (χ0) is 11.0. The van der Waals surface area contributed by atoms with Crippen LogP contribution < -0.4 is 0 Å². The largest absolute Gasteiger partial charge is 0.253 e. The molecule has 1 aliphatic rings. The van der Waals surface area contributed by atoms with Gasteiger partial charge in [0.05, 0.1) is 16.7 Å². The highest BCUT2D eigenvalue weighted by atomic mass is 79.9. The second-order valence-electron chi connectivity index (χ2n) is 4.41. The molecule has 2 aromatic rings. The molecular formula is C13H13BrN2. The monoisotopic (exact) mass is 276 g/mol. The zero-order valence-corrected chi connectivity index (χ0v) is 10.5. The van der Waals surface area contributed by atoms with Crippen molar-refractivity contribution in [3.05, 3.63) is 36.2 Å². The smallest absolute Gasteiger partial charge is 0.0890 e. The summed E-state index contributed by atoms with van der Waals surface area (Å²) in [4.78, 5) is 9.64. The van der Waals surface area contributed by atoms with Crippen molar-refractivity contribution in [1.29, 1.82) is 0 Å². The molecule has 1 fully saturated rings. The molecule has 0 radical (unpaired) electrons. The van der Waals surface area contributed by atoms with E-state index in [1.807, 2.05) is 30.5 Å². The van der Waals surface area contributed by atoms with E-state index in [-0.39, 0.29) is 0 Å². The first-order valence-corrected chi connectivity index (χ1v) is 6.59. The SMILES string of the molecule is BrC(Cc1cnc2ccccc2n1)C1CC1. The highest BCUT2D eigenvalue weighted by molar-refractivity contribution is 9.09. The van der Waals surface area contributed by atoms with Crippen LogP contribution in [0.4, 0.5) is 0 Å². The van der Waals surface area contributed by atoms with Crippen molar-refractivity contribution in [1.82, 2.24) is 9.97 Å². The van der Waals surface area contributed by atoms with Crippen LogP contribution in [0.2, 0.25) is 0 Å². The fourth-order valence-electron chi connectivity index (χ4n) is 1.92. The van der Waals surface area contributed by atoms with E-state index in [0.717, 1.165) is 29.1 Å². The fourth-order valence-corrected chi connectivity index (χ4v) is 2.78. The third kappa shape index (κ3) is 2.09. The first-order valence-electron chi connectivity index (χ1n) is 5.67. The van der Waals surface area contributed by atoms with Crippen molar-refractivity contribution >= 4 is 27.0 Å². The van der Waals surface area contributed by atoms with Crippen molar-refractivity contribution in [2.45, 2.75) is 24.1 Å². The zero-order valence-electron chi connectivity index (χ0n) is 8.94.